The number of hydrogen-bond acceptors (Lipinski definition) is 5. The van der Waals surface area contributed by atoms with Crippen LogP contribution in [0, 0.1) is 0 Å². The highest BCUT2D eigenvalue weighted by atomic mass is 16.5. The summed E-state index contributed by atoms with van der Waals surface area (Å²) in [6.07, 6.45) is 0.640. The molecule has 214 valence electrons. The van der Waals surface area contributed by atoms with Crippen LogP contribution in [0.4, 0.5) is 5.69 Å². The smallest absolute Gasteiger partial charge is 0.338 e. The van der Waals surface area contributed by atoms with Gasteiger partial charge in [-0.2, -0.15) is 0 Å². The Morgan fingerprint density at radius 2 is 1.55 bits per heavy atom. The van der Waals surface area contributed by atoms with E-state index in [-0.39, 0.29) is 24.3 Å². The summed E-state index contributed by atoms with van der Waals surface area (Å²) in [4.78, 5) is 36.8. The first-order chi connectivity index (χ1) is 20.1. The molecular formula is C35H34N2O5. The molecule has 1 unspecified atom stereocenters. The molecule has 1 atom stereocenters. The quantitative estimate of drug-likeness (QED) is 0.140. The van der Waals surface area contributed by atoms with Crippen molar-refractivity contribution in [2.45, 2.75) is 45.1 Å². The third-order valence-electron chi connectivity index (χ3n) is 7.41. The fourth-order valence-corrected chi connectivity index (χ4v) is 5.09. The zero-order valence-electron chi connectivity index (χ0n) is 23.9. The van der Waals surface area contributed by atoms with E-state index in [1.165, 1.54) is 11.1 Å². The van der Waals surface area contributed by atoms with E-state index in [0.29, 0.717) is 17.0 Å². The van der Waals surface area contributed by atoms with Crippen molar-refractivity contribution in [2.75, 3.05) is 11.9 Å². The van der Waals surface area contributed by atoms with Crippen molar-refractivity contribution < 1.29 is 24.2 Å². The maximum absolute atomic E-state index is 13.7. The Bertz CT molecular complexity index is 1620. The van der Waals surface area contributed by atoms with E-state index in [0.717, 1.165) is 28.7 Å². The van der Waals surface area contributed by atoms with E-state index in [4.69, 9.17) is 9.84 Å². The number of aliphatic carboxylic acids is 1. The number of carboxylic acids is 1. The SMILES string of the molecule is CC(C)(C)c1ccc(OC(=O)C(Nc2ccc(C(=O)NCCC(=O)O)cc2)c2ccc3c(c2)Cc2ccccc2-3)cc1. The minimum atomic E-state index is -0.978. The summed E-state index contributed by atoms with van der Waals surface area (Å²) < 4.78 is 5.86. The Morgan fingerprint density at radius 1 is 0.857 bits per heavy atom. The van der Waals surface area contributed by atoms with E-state index in [2.05, 4.69) is 55.7 Å². The van der Waals surface area contributed by atoms with Crippen LogP contribution in [-0.2, 0) is 21.4 Å². The van der Waals surface area contributed by atoms with Gasteiger partial charge in [0.2, 0.25) is 0 Å². The molecule has 0 spiro atoms. The molecule has 5 rings (SSSR count). The third kappa shape index (κ3) is 6.52. The number of esters is 1. The van der Waals surface area contributed by atoms with E-state index in [1.807, 2.05) is 42.5 Å². The van der Waals surface area contributed by atoms with Crippen molar-refractivity contribution in [3.63, 3.8) is 0 Å². The first kappa shape index (κ1) is 28.6. The van der Waals surface area contributed by atoms with E-state index in [1.54, 1.807) is 24.3 Å². The molecule has 4 aromatic carbocycles. The van der Waals surface area contributed by atoms with Crippen molar-refractivity contribution >= 4 is 23.5 Å². The zero-order valence-corrected chi connectivity index (χ0v) is 23.9. The van der Waals surface area contributed by atoms with Gasteiger partial charge in [0.05, 0.1) is 6.42 Å². The second-order valence-corrected chi connectivity index (χ2v) is 11.5. The van der Waals surface area contributed by atoms with Gasteiger partial charge in [-0.25, -0.2) is 4.79 Å². The van der Waals surface area contributed by atoms with Crippen LogP contribution in [-0.4, -0.2) is 29.5 Å². The van der Waals surface area contributed by atoms with Gasteiger partial charge < -0.3 is 20.5 Å². The molecule has 7 nitrogen and oxygen atoms in total. The first-order valence-electron chi connectivity index (χ1n) is 14.0. The molecule has 0 radical (unpaired) electrons. The topological polar surface area (TPSA) is 105 Å². The van der Waals surface area contributed by atoms with Crippen molar-refractivity contribution in [2.24, 2.45) is 0 Å². The average Bonchev–Trinajstić information content (AvgIpc) is 3.33. The fourth-order valence-electron chi connectivity index (χ4n) is 5.09. The molecule has 0 saturated heterocycles. The molecule has 0 saturated carbocycles. The lowest BCUT2D eigenvalue weighted by atomic mass is 9.87. The Labute approximate surface area is 245 Å². The molecule has 0 aromatic heterocycles. The monoisotopic (exact) mass is 562 g/mol. The zero-order chi connectivity index (χ0) is 29.9. The maximum atomic E-state index is 13.7. The highest BCUT2D eigenvalue weighted by molar-refractivity contribution is 5.94. The van der Waals surface area contributed by atoms with Crippen LogP contribution < -0.4 is 15.4 Å². The number of nitrogens with one attached hydrogen (secondary N) is 2. The van der Waals surface area contributed by atoms with Crippen LogP contribution in [0.2, 0.25) is 0 Å². The molecule has 0 fully saturated rings. The van der Waals surface area contributed by atoms with E-state index < -0.39 is 18.0 Å². The average molecular weight is 563 g/mol. The van der Waals surface area contributed by atoms with Crippen molar-refractivity contribution in [3.05, 3.63) is 119 Å². The normalized spacial score (nSPS) is 12.5. The third-order valence-corrected chi connectivity index (χ3v) is 7.41. The number of anilines is 1. The second kappa shape index (κ2) is 11.9. The number of rotatable bonds is 9. The molecule has 0 aliphatic heterocycles. The Balaban J connectivity index is 1.39. The number of carbonyl (C=O) groups is 3. The summed E-state index contributed by atoms with van der Waals surface area (Å²) in [6, 6.07) is 27.8. The Morgan fingerprint density at radius 3 is 2.24 bits per heavy atom. The van der Waals surface area contributed by atoms with Gasteiger partial charge in [-0.05, 0) is 81.6 Å². The molecule has 7 heteroatoms. The molecule has 0 heterocycles. The highest BCUT2D eigenvalue weighted by Gasteiger charge is 2.26. The number of fused-ring (bicyclic) bond motifs is 3. The van der Waals surface area contributed by atoms with Crippen LogP contribution in [0.1, 0.15) is 65.8 Å². The van der Waals surface area contributed by atoms with Crippen LogP contribution in [0.25, 0.3) is 11.1 Å². The lowest BCUT2D eigenvalue weighted by Crippen LogP contribution is -2.26. The summed E-state index contributed by atoms with van der Waals surface area (Å²) in [6.45, 7) is 6.43. The van der Waals surface area contributed by atoms with Gasteiger partial charge in [0.1, 0.15) is 5.75 Å². The molecule has 42 heavy (non-hydrogen) atoms. The van der Waals surface area contributed by atoms with Crippen molar-refractivity contribution in [3.8, 4) is 16.9 Å². The first-order valence-corrected chi connectivity index (χ1v) is 14.0. The van der Waals surface area contributed by atoms with Gasteiger partial charge in [-0.3, -0.25) is 9.59 Å². The van der Waals surface area contributed by atoms with Crippen LogP contribution >= 0.6 is 0 Å². The molecule has 1 aliphatic carbocycles. The number of carboxylic acid groups (broad SMARTS) is 1. The predicted molar refractivity (Wildman–Crippen MR) is 163 cm³/mol. The molecule has 4 aromatic rings. The molecule has 1 amide bonds. The lowest BCUT2D eigenvalue weighted by Gasteiger charge is -2.21. The number of benzene rings is 4. The van der Waals surface area contributed by atoms with Crippen molar-refractivity contribution in [1.82, 2.24) is 5.32 Å². The highest BCUT2D eigenvalue weighted by Crippen LogP contribution is 2.38. The summed E-state index contributed by atoms with van der Waals surface area (Å²) in [5, 5.41) is 14.7. The Kier molecular flexibility index (Phi) is 8.11. The molecular weight excluding hydrogens is 528 g/mol. The number of hydrogen-bond donors (Lipinski definition) is 3. The van der Waals surface area contributed by atoms with E-state index >= 15 is 0 Å². The molecule has 1 aliphatic rings. The van der Waals surface area contributed by atoms with Crippen LogP contribution in [0.3, 0.4) is 0 Å². The van der Waals surface area contributed by atoms with Gasteiger partial charge >= 0.3 is 11.9 Å². The molecule has 3 N–H and O–H groups in total. The lowest BCUT2D eigenvalue weighted by molar-refractivity contribution is -0.137. The minimum Gasteiger partial charge on any atom is -0.481 e. The fraction of sp³-hybridized carbons (Fsp3) is 0.229. The number of ether oxygens (including phenoxy) is 1. The summed E-state index contributed by atoms with van der Waals surface area (Å²) >= 11 is 0. The summed E-state index contributed by atoms with van der Waals surface area (Å²) in [7, 11) is 0. The maximum Gasteiger partial charge on any atom is 0.338 e. The summed E-state index contributed by atoms with van der Waals surface area (Å²) in [5.41, 5.74) is 7.69. The minimum absolute atomic E-state index is 0.0199. The van der Waals surface area contributed by atoms with Crippen LogP contribution in [0.5, 0.6) is 5.75 Å². The standard InChI is InChI=1S/C35H34N2O5/c1-35(2,3)26-11-15-28(16-12-26)42-34(41)32(24-10-17-30-25(21-24)20-23-6-4-5-7-29(23)30)37-27-13-8-22(9-14-27)33(40)36-19-18-31(38)39/h4-17,21,32,37H,18-20H2,1-3H3,(H,36,40)(H,38,39). The predicted octanol–water partition coefficient (Wildman–Crippen LogP) is 6.52. The van der Waals surface area contributed by atoms with Gasteiger partial charge in [-0.15, -0.1) is 0 Å². The largest absolute Gasteiger partial charge is 0.481 e. The molecule has 0 bridgehead atoms. The van der Waals surface area contributed by atoms with Gasteiger partial charge in [0.25, 0.3) is 5.91 Å². The van der Waals surface area contributed by atoms with Gasteiger partial charge in [-0.1, -0.05) is 75.4 Å². The summed E-state index contributed by atoms with van der Waals surface area (Å²) in [5.74, 6) is -1.34. The number of carbonyl (C=O) groups excluding carboxylic acids is 2. The second-order valence-electron chi connectivity index (χ2n) is 11.5. The van der Waals surface area contributed by atoms with Gasteiger partial charge in [0, 0.05) is 17.8 Å². The van der Waals surface area contributed by atoms with Crippen molar-refractivity contribution in [1.29, 1.82) is 0 Å². The number of amides is 1. The van der Waals surface area contributed by atoms with E-state index in [9.17, 15) is 14.4 Å². The van der Waals surface area contributed by atoms with Gasteiger partial charge in [0.15, 0.2) is 6.04 Å². The van der Waals surface area contributed by atoms with Crippen LogP contribution in [0.15, 0.2) is 91.0 Å². The Hall–Kier alpha value is -4.91.